The molecule has 0 bridgehead atoms. The number of rotatable bonds is 1. The minimum absolute atomic E-state index is 0.190. The molecule has 102 valence electrons. The van der Waals surface area contributed by atoms with Crippen LogP contribution in [0.1, 0.15) is 37.8 Å². The number of fused-ring (bicyclic) bond motifs is 1. The van der Waals surface area contributed by atoms with Crippen molar-refractivity contribution in [3.05, 3.63) is 35.9 Å². The molecule has 2 nitrogen and oxygen atoms in total. The van der Waals surface area contributed by atoms with E-state index in [0.717, 1.165) is 12.8 Å². The van der Waals surface area contributed by atoms with Gasteiger partial charge in [-0.2, -0.15) is 0 Å². The molecule has 19 heavy (non-hydrogen) atoms. The molecule has 3 heteroatoms. The number of alkyl halides is 1. The number of piperidine rings is 1. The molecule has 1 aliphatic heterocycles. The van der Waals surface area contributed by atoms with Gasteiger partial charge in [0.15, 0.2) is 0 Å². The molecular weight excluding hydrogens is 302 g/mol. The molecule has 0 aromatic heterocycles. The first-order valence-electron chi connectivity index (χ1n) is 7.14. The molecule has 5 atom stereocenters. The fourth-order valence-corrected chi connectivity index (χ4v) is 4.14. The quantitative estimate of drug-likeness (QED) is 0.802. The van der Waals surface area contributed by atoms with Crippen LogP contribution in [0.25, 0.3) is 0 Å². The minimum Gasteiger partial charge on any atom is -0.306 e. The second kappa shape index (κ2) is 5.37. The zero-order valence-corrected chi connectivity index (χ0v) is 12.8. The van der Waals surface area contributed by atoms with Gasteiger partial charge in [0.1, 0.15) is 5.78 Å². The molecule has 0 radical (unpaired) electrons. The fraction of sp³-hybridized carbons (Fsp3) is 0.562. The Morgan fingerprint density at radius 2 is 1.95 bits per heavy atom. The number of Topliss-reactive ketones (excluding diaryl/α,β-unsaturated/α-hetero) is 1. The van der Waals surface area contributed by atoms with E-state index >= 15 is 0 Å². The lowest BCUT2D eigenvalue weighted by Crippen LogP contribution is -2.55. The van der Waals surface area contributed by atoms with Gasteiger partial charge in [0, 0.05) is 29.2 Å². The largest absolute Gasteiger partial charge is 0.306 e. The minimum atomic E-state index is 0.190. The first kappa shape index (κ1) is 13.3. The molecular formula is C16H20BrNO. The van der Waals surface area contributed by atoms with Crippen LogP contribution in [0, 0.1) is 11.8 Å². The zero-order valence-electron chi connectivity index (χ0n) is 11.2. The molecule has 1 N–H and O–H groups in total. The number of nitrogens with one attached hydrogen (secondary N) is 1. The van der Waals surface area contributed by atoms with Gasteiger partial charge in [-0.25, -0.2) is 0 Å². The van der Waals surface area contributed by atoms with Crippen LogP contribution in [-0.4, -0.2) is 16.7 Å². The second-order valence-electron chi connectivity index (χ2n) is 5.89. The molecule has 3 rings (SSSR count). The Morgan fingerprint density at radius 3 is 2.68 bits per heavy atom. The first-order chi connectivity index (χ1) is 9.16. The van der Waals surface area contributed by atoms with Gasteiger partial charge >= 0.3 is 0 Å². The molecule has 1 saturated heterocycles. The molecule has 1 aromatic carbocycles. The topological polar surface area (TPSA) is 29.1 Å². The van der Waals surface area contributed by atoms with Gasteiger partial charge in [0.05, 0.1) is 0 Å². The molecule has 1 aliphatic carbocycles. The zero-order chi connectivity index (χ0) is 13.4. The van der Waals surface area contributed by atoms with Crippen molar-refractivity contribution in [1.82, 2.24) is 5.32 Å². The number of halogens is 1. The van der Waals surface area contributed by atoms with Crippen LogP contribution in [0.15, 0.2) is 30.3 Å². The highest BCUT2D eigenvalue weighted by Gasteiger charge is 2.43. The third-order valence-corrected chi connectivity index (χ3v) is 6.03. The highest BCUT2D eigenvalue weighted by Crippen LogP contribution is 2.40. The van der Waals surface area contributed by atoms with E-state index in [1.807, 2.05) is 18.2 Å². The fourth-order valence-electron chi connectivity index (χ4n) is 3.55. The van der Waals surface area contributed by atoms with Gasteiger partial charge in [-0.05, 0) is 24.3 Å². The molecule has 0 spiro atoms. The summed E-state index contributed by atoms with van der Waals surface area (Å²) in [6.45, 7) is 2.25. The van der Waals surface area contributed by atoms with Crippen molar-refractivity contribution in [2.24, 2.45) is 11.8 Å². The lowest BCUT2D eigenvalue weighted by molar-refractivity contribution is -0.128. The molecule has 0 amide bonds. The van der Waals surface area contributed by atoms with Crippen molar-refractivity contribution < 1.29 is 4.79 Å². The van der Waals surface area contributed by atoms with Gasteiger partial charge in [0.25, 0.3) is 0 Å². The van der Waals surface area contributed by atoms with Crippen molar-refractivity contribution >= 4 is 21.7 Å². The lowest BCUT2D eigenvalue weighted by Gasteiger charge is -2.45. The van der Waals surface area contributed by atoms with E-state index in [4.69, 9.17) is 0 Å². The van der Waals surface area contributed by atoms with Crippen LogP contribution >= 0.6 is 15.9 Å². The Bertz CT molecular complexity index is 461. The van der Waals surface area contributed by atoms with Crippen LogP contribution in [0.5, 0.6) is 0 Å². The summed E-state index contributed by atoms with van der Waals surface area (Å²) in [6, 6.07) is 10.9. The number of carbonyl (C=O) groups is 1. The predicted octanol–water partition coefficient (Wildman–Crippen LogP) is 3.47. The molecule has 1 heterocycles. The van der Waals surface area contributed by atoms with E-state index in [-0.39, 0.29) is 12.0 Å². The highest BCUT2D eigenvalue weighted by atomic mass is 79.9. The maximum Gasteiger partial charge on any atom is 0.139 e. The van der Waals surface area contributed by atoms with Gasteiger partial charge in [-0.1, -0.05) is 53.2 Å². The Hall–Kier alpha value is -0.670. The Morgan fingerprint density at radius 1 is 1.21 bits per heavy atom. The maximum atomic E-state index is 12.4. The maximum absolute atomic E-state index is 12.4. The molecule has 1 aromatic rings. The predicted molar refractivity (Wildman–Crippen MR) is 80.3 cm³/mol. The normalized spacial score (nSPS) is 38.8. The summed E-state index contributed by atoms with van der Waals surface area (Å²) < 4.78 is 0. The average molecular weight is 322 g/mol. The second-order valence-corrected chi connectivity index (χ2v) is 7.06. The summed E-state index contributed by atoms with van der Waals surface area (Å²) in [5, 5.41) is 3.73. The SMILES string of the molecule is CC1C(Br)CCC2C(=O)CC(c3ccccc3)NC21. The molecule has 5 unspecified atom stereocenters. The molecule has 1 saturated carbocycles. The number of hydrogen-bond acceptors (Lipinski definition) is 2. The van der Waals surface area contributed by atoms with Gasteiger partial charge in [0.2, 0.25) is 0 Å². The molecule has 2 aliphatic rings. The van der Waals surface area contributed by atoms with E-state index in [1.54, 1.807) is 0 Å². The van der Waals surface area contributed by atoms with Crippen molar-refractivity contribution in [3.63, 3.8) is 0 Å². The number of benzene rings is 1. The van der Waals surface area contributed by atoms with Crippen LogP contribution in [0.2, 0.25) is 0 Å². The van der Waals surface area contributed by atoms with Crippen molar-refractivity contribution in [1.29, 1.82) is 0 Å². The van der Waals surface area contributed by atoms with E-state index in [1.165, 1.54) is 5.56 Å². The van der Waals surface area contributed by atoms with Crippen LogP contribution in [-0.2, 0) is 4.79 Å². The van der Waals surface area contributed by atoms with E-state index in [9.17, 15) is 4.79 Å². The Kier molecular flexibility index (Phi) is 3.77. The summed E-state index contributed by atoms with van der Waals surface area (Å²) in [7, 11) is 0. The van der Waals surface area contributed by atoms with Gasteiger partial charge in [-0.15, -0.1) is 0 Å². The highest BCUT2D eigenvalue weighted by molar-refractivity contribution is 9.09. The average Bonchev–Trinajstić information content (AvgIpc) is 2.44. The van der Waals surface area contributed by atoms with Crippen molar-refractivity contribution in [2.75, 3.05) is 0 Å². The van der Waals surface area contributed by atoms with Crippen LogP contribution in [0.3, 0.4) is 0 Å². The van der Waals surface area contributed by atoms with Gasteiger partial charge < -0.3 is 5.32 Å². The third kappa shape index (κ3) is 2.50. The van der Waals surface area contributed by atoms with Crippen LogP contribution in [0.4, 0.5) is 0 Å². The summed E-state index contributed by atoms with van der Waals surface area (Å²) in [5.41, 5.74) is 1.23. The Balaban J connectivity index is 1.83. The smallest absolute Gasteiger partial charge is 0.139 e. The summed E-state index contributed by atoms with van der Waals surface area (Å²) in [6.07, 6.45) is 2.79. The standard InChI is InChI=1S/C16H20BrNO/c1-10-13(17)8-7-12-15(19)9-14(18-16(10)12)11-5-3-2-4-6-11/h2-6,10,12-14,16,18H,7-9H2,1H3. The first-order valence-corrected chi connectivity index (χ1v) is 8.06. The van der Waals surface area contributed by atoms with Crippen molar-refractivity contribution in [2.45, 2.75) is 43.1 Å². The summed E-state index contributed by atoms with van der Waals surface area (Å²) in [4.78, 5) is 12.9. The van der Waals surface area contributed by atoms with Crippen molar-refractivity contribution in [3.8, 4) is 0 Å². The summed E-state index contributed by atoms with van der Waals surface area (Å²) in [5.74, 6) is 1.18. The number of hydrogen-bond donors (Lipinski definition) is 1. The van der Waals surface area contributed by atoms with E-state index in [0.29, 0.717) is 29.0 Å². The lowest BCUT2D eigenvalue weighted by atomic mass is 9.71. The van der Waals surface area contributed by atoms with E-state index < -0.39 is 0 Å². The monoisotopic (exact) mass is 321 g/mol. The van der Waals surface area contributed by atoms with E-state index in [2.05, 4.69) is 40.3 Å². The summed E-state index contributed by atoms with van der Waals surface area (Å²) >= 11 is 3.76. The molecule has 2 fully saturated rings. The Labute approximate surface area is 123 Å². The third-order valence-electron chi connectivity index (χ3n) is 4.74. The van der Waals surface area contributed by atoms with Gasteiger partial charge in [-0.3, -0.25) is 4.79 Å². The van der Waals surface area contributed by atoms with Crippen LogP contribution < -0.4 is 5.32 Å². The number of carbonyl (C=O) groups excluding carboxylic acids is 1. The number of ketones is 1.